The highest BCUT2D eigenvalue weighted by atomic mass is 16.5. The summed E-state index contributed by atoms with van der Waals surface area (Å²) >= 11 is 0. The lowest BCUT2D eigenvalue weighted by atomic mass is 10.1. The van der Waals surface area contributed by atoms with Gasteiger partial charge in [-0.2, -0.15) is 0 Å². The van der Waals surface area contributed by atoms with Crippen molar-refractivity contribution in [1.82, 2.24) is 0 Å². The van der Waals surface area contributed by atoms with Gasteiger partial charge in [0.25, 0.3) is 0 Å². The van der Waals surface area contributed by atoms with Gasteiger partial charge in [-0.05, 0) is 32.0 Å². The first kappa shape index (κ1) is 16.8. The van der Waals surface area contributed by atoms with E-state index < -0.39 is 0 Å². The van der Waals surface area contributed by atoms with Crippen LogP contribution in [0.1, 0.15) is 19.4 Å². The number of benzene rings is 2. The molecular formula is C18H23NO4. The minimum absolute atomic E-state index is 0.140. The molecule has 0 aliphatic rings. The minimum atomic E-state index is 0.140. The van der Waals surface area contributed by atoms with Crippen molar-refractivity contribution >= 4 is 5.69 Å². The molecule has 0 unspecified atom stereocenters. The van der Waals surface area contributed by atoms with Crippen molar-refractivity contribution in [2.24, 2.45) is 0 Å². The monoisotopic (exact) mass is 317 g/mol. The number of aromatic hydroxyl groups is 1. The first-order chi connectivity index (χ1) is 11.2. The Kier molecular flexibility index (Phi) is 5.97. The fourth-order valence-electron chi connectivity index (χ4n) is 2.25. The van der Waals surface area contributed by atoms with Crippen LogP contribution < -0.4 is 19.5 Å². The number of hydrogen-bond acceptors (Lipinski definition) is 5. The number of ether oxygens (including phenoxy) is 3. The maximum atomic E-state index is 10.2. The molecule has 0 aromatic heterocycles. The molecule has 0 saturated heterocycles. The fourth-order valence-corrected chi connectivity index (χ4v) is 2.25. The molecule has 5 heteroatoms. The summed E-state index contributed by atoms with van der Waals surface area (Å²) < 4.78 is 16.3. The number of anilines is 1. The van der Waals surface area contributed by atoms with E-state index in [2.05, 4.69) is 5.32 Å². The van der Waals surface area contributed by atoms with E-state index in [1.54, 1.807) is 6.07 Å². The van der Waals surface area contributed by atoms with Crippen LogP contribution in [0.4, 0.5) is 5.69 Å². The van der Waals surface area contributed by atoms with Crippen LogP contribution in [0.25, 0.3) is 0 Å². The van der Waals surface area contributed by atoms with Crippen molar-refractivity contribution in [3.05, 3.63) is 42.0 Å². The van der Waals surface area contributed by atoms with Gasteiger partial charge in [0.2, 0.25) is 0 Å². The van der Waals surface area contributed by atoms with E-state index in [0.29, 0.717) is 25.5 Å². The second-order valence-electron chi connectivity index (χ2n) is 4.85. The van der Waals surface area contributed by atoms with E-state index in [1.165, 1.54) is 7.11 Å². The van der Waals surface area contributed by atoms with Gasteiger partial charge >= 0.3 is 0 Å². The summed E-state index contributed by atoms with van der Waals surface area (Å²) in [6.45, 7) is 5.50. The molecule has 0 aliphatic carbocycles. The third kappa shape index (κ3) is 4.22. The van der Waals surface area contributed by atoms with E-state index >= 15 is 0 Å². The van der Waals surface area contributed by atoms with Crippen molar-refractivity contribution in [3.8, 4) is 23.0 Å². The van der Waals surface area contributed by atoms with Crippen molar-refractivity contribution < 1.29 is 19.3 Å². The molecule has 2 N–H and O–H groups in total. The average Bonchev–Trinajstić information content (AvgIpc) is 2.56. The van der Waals surface area contributed by atoms with E-state index in [-0.39, 0.29) is 5.75 Å². The zero-order valence-corrected chi connectivity index (χ0v) is 13.8. The molecule has 0 spiro atoms. The molecule has 0 bridgehead atoms. The molecule has 0 atom stereocenters. The van der Waals surface area contributed by atoms with Crippen LogP contribution in [-0.2, 0) is 6.54 Å². The zero-order valence-electron chi connectivity index (χ0n) is 13.8. The van der Waals surface area contributed by atoms with Gasteiger partial charge in [-0.25, -0.2) is 0 Å². The van der Waals surface area contributed by atoms with Crippen molar-refractivity contribution in [2.75, 3.05) is 25.6 Å². The average molecular weight is 317 g/mol. The van der Waals surface area contributed by atoms with E-state index in [9.17, 15) is 5.11 Å². The maximum Gasteiger partial charge on any atom is 0.162 e. The van der Waals surface area contributed by atoms with Crippen molar-refractivity contribution in [1.29, 1.82) is 0 Å². The molecule has 2 aromatic carbocycles. The van der Waals surface area contributed by atoms with Crippen LogP contribution in [0.5, 0.6) is 23.0 Å². The van der Waals surface area contributed by atoms with Crippen molar-refractivity contribution in [2.45, 2.75) is 20.4 Å². The van der Waals surface area contributed by atoms with E-state index in [4.69, 9.17) is 14.2 Å². The van der Waals surface area contributed by atoms with Crippen LogP contribution in [0.15, 0.2) is 36.4 Å². The Morgan fingerprint density at radius 2 is 1.78 bits per heavy atom. The third-order valence-corrected chi connectivity index (χ3v) is 3.33. The molecule has 0 aliphatic heterocycles. The van der Waals surface area contributed by atoms with Crippen LogP contribution in [0.2, 0.25) is 0 Å². The highest BCUT2D eigenvalue weighted by Gasteiger charge is 2.10. The standard InChI is InChI=1S/C18H23NO4/c1-4-22-14-9-10-16(23-5-2)15(11-14)19-12-13-7-6-8-17(21-3)18(13)20/h6-11,19-20H,4-5,12H2,1-3H3. The molecule has 2 aromatic rings. The molecule has 0 amide bonds. The SMILES string of the molecule is CCOc1ccc(OCC)c(NCc2cccc(OC)c2O)c1. The van der Waals surface area contributed by atoms with Gasteiger partial charge in [-0.15, -0.1) is 0 Å². The molecule has 124 valence electrons. The Bertz CT molecular complexity index is 643. The maximum absolute atomic E-state index is 10.2. The van der Waals surface area contributed by atoms with Gasteiger partial charge in [-0.1, -0.05) is 12.1 Å². The molecule has 2 rings (SSSR count). The number of phenols is 1. The molecule has 0 fully saturated rings. The van der Waals surface area contributed by atoms with Gasteiger partial charge in [-0.3, -0.25) is 0 Å². The first-order valence-electron chi connectivity index (χ1n) is 7.67. The highest BCUT2D eigenvalue weighted by molar-refractivity contribution is 5.60. The Morgan fingerprint density at radius 3 is 2.48 bits per heavy atom. The second kappa shape index (κ2) is 8.17. The van der Waals surface area contributed by atoms with Crippen LogP contribution in [0, 0.1) is 0 Å². The summed E-state index contributed by atoms with van der Waals surface area (Å²) in [4.78, 5) is 0. The number of nitrogens with one attached hydrogen (secondary N) is 1. The molecule has 23 heavy (non-hydrogen) atoms. The summed E-state index contributed by atoms with van der Waals surface area (Å²) in [6.07, 6.45) is 0. The lowest BCUT2D eigenvalue weighted by Gasteiger charge is -2.15. The molecule has 0 heterocycles. The summed E-state index contributed by atoms with van der Waals surface area (Å²) in [6, 6.07) is 11.1. The summed E-state index contributed by atoms with van der Waals surface area (Å²) in [5.74, 6) is 2.12. The highest BCUT2D eigenvalue weighted by Crippen LogP contribution is 2.33. The molecule has 0 radical (unpaired) electrons. The Morgan fingerprint density at radius 1 is 1.00 bits per heavy atom. The van der Waals surface area contributed by atoms with Gasteiger partial charge in [0.05, 0.1) is 26.0 Å². The topological polar surface area (TPSA) is 60.0 Å². The number of phenolic OH excluding ortho intramolecular Hbond substituents is 1. The van der Waals surface area contributed by atoms with Gasteiger partial charge in [0.1, 0.15) is 11.5 Å². The van der Waals surface area contributed by atoms with E-state index in [1.807, 2.05) is 44.2 Å². The quantitative estimate of drug-likeness (QED) is 0.775. The number of para-hydroxylation sites is 1. The smallest absolute Gasteiger partial charge is 0.162 e. The third-order valence-electron chi connectivity index (χ3n) is 3.33. The molecular weight excluding hydrogens is 294 g/mol. The van der Waals surface area contributed by atoms with Gasteiger partial charge < -0.3 is 24.6 Å². The minimum Gasteiger partial charge on any atom is -0.504 e. The summed E-state index contributed by atoms with van der Waals surface area (Å²) in [5, 5.41) is 13.4. The van der Waals surface area contributed by atoms with Gasteiger partial charge in [0, 0.05) is 18.2 Å². The summed E-state index contributed by atoms with van der Waals surface area (Å²) in [7, 11) is 1.53. The number of rotatable bonds is 8. The lowest BCUT2D eigenvalue weighted by Crippen LogP contribution is -2.04. The molecule has 5 nitrogen and oxygen atoms in total. The summed E-state index contributed by atoms with van der Waals surface area (Å²) in [5.41, 5.74) is 1.56. The second-order valence-corrected chi connectivity index (χ2v) is 4.85. The predicted octanol–water partition coefficient (Wildman–Crippen LogP) is 3.81. The van der Waals surface area contributed by atoms with Crippen molar-refractivity contribution in [3.63, 3.8) is 0 Å². The van der Waals surface area contributed by atoms with Crippen LogP contribution in [-0.4, -0.2) is 25.4 Å². The Labute approximate surface area is 136 Å². The number of methoxy groups -OCH3 is 1. The fraction of sp³-hybridized carbons (Fsp3) is 0.333. The predicted molar refractivity (Wildman–Crippen MR) is 90.8 cm³/mol. The van der Waals surface area contributed by atoms with Crippen LogP contribution >= 0.6 is 0 Å². The Balaban J connectivity index is 2.19. The zero-order chi connectivity index (χ0) is 16.7. The normalized spacial score (nSPS) is 10.2. The number of hydrogen-bond donors (Lipinski definition) is 2. The lowest BCUT2D eigenvalue weighted by molar-refractivity contribution is 0.332. The molecule has 0 saturated carbocycles. The van der Waals surface area contributed by atoms with E-state index in [0.717, 1.165) is 22.7 Å². The Hall–Kier alpha value is -2.56. The van der Waals surface area contributed by atoms with Crippen LogP contribution in [0.3, 0.4) is 0 Å². The first-order valence-corrected chi connectivity index (χ1v) is 7.67. The van der Waals surface area contributed by atoms with Gasteiger partial charge in [0.15, 0.2) is 11.5 Å². The largest absolute Gasteiger partial charge is 0.504 e.